The van der Waals surface area contributed by atoms with E-state index in [1.54, 1.807) is 0 Å². The molecule has 2 unspecified atom stereocenters. The summed E-state index contributed by atoms with van der Waals surface area (Å²) in [4.78, 5) is 13.0. The number of carbonyl (C=O) groups is 1. The zero-order valence-corrected chi connectivity index (χ0v) is 12.8. The molecule has 3 nitrogen and oxygen atoms in total. The van der Waals surface area contributed by atoms with Gasteiger partial charge in [-0.3, -0.25) is 9.69 Å². The number of rotatable bonds is 3. The molecule has 1 aromatic rings. The minimum absolute atomic E-state index is 0.0317. The standard InChI is InChI=1S/C15H17ClF3NO2/c1-9-2-3-11(14(21)22)8-20(9)7-10-4-12(15(17,18)19)6-13(16)5-10/h4-6,9,11H,2-3,7-8H2,1H3,(H,21,22). The molecule has 122 valence electrons. The van der Waals surface area contributed by atoms with Crippen molar-refractivity contribution >= 4 is 17.6 Å². The second-order valence-electron chi connectivity index (χ2n) is 5.74. The summed E-state index contributed by atoms with van der Waals surface area (Å²) in [6, 6.07) is 3.59. The van der Waals surface area contributed by atoms with E-state index >= 15 is 0 Å². The predicted octanol–water partition coefficient (Wildman–Crippen LogP) is 4.04. The molecule has 1 fully saturated rings. The quantitative estimate of drug-likeness (QED) is 0.906. The highest BCUT2D eigenvalue weighted by Gasteiger charge is 2.32. The van der Waals surface area contributed by atoms with Crippen LogP contribution < -0.4 is 0 Å². The highest BCUT2D eigenvalue weighted by molar-refractivity contribution is 6.30. The maximum atomic E-state index is 12.8. The van der Waals surface area contributed by atoms with Crippen molar-refractivity contribution < 1.29 is 23.1 Å². The Kier molecular flexibility index (Phi) is 5.02. The molecule has 0 aromatic heterocycles. The first-order chi connectivity index (χ1) is 10.2. The molecule has 0 spiro atoms. The van der Waals surface area contributed by atoms with Crippen LogP contribution in [0.4, 0.5) is 13.2 Å². The van der Waals surface area contributed by atoms with Gasteiger partial charge in [0.2, 0.25) is 0 Å². The Morgan fingerprint density at radius 2 is 2.05 bits per heavy atom. The molecule has 1 heterocycles. The molecule has 2 atom stereocenters. The van der Waals surface area contributed by atoms with Crippen molar-refractivity contribution in [3.05, 3.63) is 34.3 Å². The summed E-state index contributed by atoms with van der Waals surface area (Å²) < 4.78 is 38.5. The molecule has 1 aliphatic rings. The van der Waals surface area contributed by atoms with E-state index in [1.165, 1.54) is 6.07 Å². The third-order valence-corrected chi connectivity index (χ3v) is 4.25. The summed E-state index contributed by atoms with van der Waals surface area (Å²) in [5, 5.41) is 9.14. The summed E-state index contributed by atoms with van der Waals surface area (Å²) in [6.07, 6.45) is -3.14. The normalized spacial score (nSPS) is 23.5. The predicted molar refractivity (Wildman–Crippen MR) is 76.7 cm³/mol. The van der Waals surface area contributed by atoms with E-state index in [0.717, 1.165) is 12.1 Å². The number of likely N-dealkylation sites (tertiary alicyclic amines) is 1. The summed E-state index contributed by atoms with van der Waals surface area (Å²) >= 11 is 5.78. The van der Waals surface area contributed by atoms with Crippen molar-refractivity contribution in [2.45, 2.75) is 38.5 Å². The number of hydrogen-bond acceptors (Lipinski definition) is 2. The van der Waals surface area contributed by atoms with E-state index in [9.17, 15) is 18.0 Å². The van der Waals surface area contributed by atoms with E-state index in [0.29, 0.717) is 24.9 Å². The van der Waals surface area contributed by atoms with Gasteiger partial charge in [-0.25, -0.2) is 0 Å². The van der Waals surface area contributed by atoms with Crippen molar-refractivity contribution in [1.29, 1.82) is 0 Å². The van der Waals surface area contributed by atoms with Gasteiger partial charge in [-0.05, 0) is 43.5 Å². The van der Waals surface area contributed by atoms with Crippen LogP contribution in [0.15, 0.2) is 18.2 Å². The minimum Gasteiger partial charge on any atom is -0.481 e. The molecule has 0 aliphatic carbocycles. The van der Waals surface area contributed by atoms with Crippen LogP contribution in [-0.4, -0.2) is 28.6 Å². The van der Waals surface area contributed by atoms with E-state index in [4.69, 9.17) is 16.7 Å². The molecule has 0 saturated carbocycles. The Morgan fingerprint density at radius 3 is 2.64 bits per heavy atom. The van der Waals surface area contributed by atoms with Crippen LogP contribution in [0.25, 0.3) is 0 Å². The summed E-state index contributed by atoms with van der Waals surface area (Å²) in [5.41, 5.74) is -0.341. The van der Waals surface area contributed by atoms with Gasteiger partial charge >= 0.3 is 12.1 Å². The molecule has 7 heteroatoms. The van der Waals surface area contributed by atoms with Crippen LogP contribution in [-0.2, 0) is 17.5 Å². The molecule has 0 radical (unpaired) electrons. The average molecular weight is 336 g/mol. The van der Waals surface area contributed by atoms with E-state index in [2.05, 4.69) is 0 Å². The molecule has 0 amide bonds. The molecule has 1 N–H and O–H groups in total. The third-order valence-electron chi connectivity index (χ3n) is 4.03. The molecular weight excluding hydrogens is 319 g/mol. The minimum atomic E-state index is -4.45. The summed E-state index contributed by atoms with van der Waals surface area (Å²) in [5.74, 6) is -1.34. The molecule has 1 aromatic carbocycles. The van der Waals surface area contributed by atoms with Crippen LogP contribution >= 0.6 is 11.6 Å². The molecule has 1 aliphatic heterocycles. The first kappa shape index (κ1) is 17.1. The maximum Gasteiger partial charge on any atom is 0.416 e. The number of carboxylic acids is 1. The van der Waals surface area contributed by atoms with Crippen LogP contribution in [0.1, 0.15) is 30.9 Å². The monoisotopic (exact) mass is 335 g/mol. The Morgan fingerprint density at radius 1 is 1.36 bits per heavy atom. The third kappa shape index (κ3) is 4.14. The van der Waals surface area contributed by atoms with Gasteiger partial charge in [0.25, 0.3) is 0 Å². The second kappa shape index (κ2) is 6.46. The number of halogens is 4. The molecular formula is C15H17ClF3NO2. The molecule has 0 bridgehead atoms. The van der Waals surface area contributed by atoms with E-state index < -0.39 is 23.6 Å². The van der Waals surface area contributed by atoms with Crippen LogP contribution in [0.2, 0.25) is 5.02 Å². The van der Waals surface area contributed by atoms with E-state index in [-0.39, 0.29) is 17.6 Å². The number of alkyl halides is 3. The fourth-order valence-electron chi connectivity index (χ4n) is 2.74. The highest BCUT2D eigenvalue weighted by Crippen LogP contribution is 2.33. The zero-order chi connectivity index (χ0) is 16.5. The number of carboxylic acid groups (broad SMARTS) is 1. The Bertz CT molecular complexity index is 562. The Balaban J connectivity index is 2.18. The number of benzene rings is 1. The van der Waals surface area contributed by atoms with Gasteiger partial charge in [0.1, 0.15) is 0 Å². The lowest BCUT2D eigenvalue weighted by Gasteiger charge is -2.36. The van der Waals surface area contributed by atoms with Crippen molar-refractivity contribution in [1.82, 2.24) is 4.90 Å². The van der Waals surface area contributed by atoms with Crippen molar-refractivity contribution in [3.8, 4) is 0 Å². The van der Waals surface area contributed by atoms with Gasteiger partial charge in [-0.15, -0.1) is 0 Å². The summed E-state index contributed by atoms with van der Waals surface area (Å²) in [7, 11) is 0. The number of nitrogens with zero attached hydrogens (tertiary/aromatic N) is 1. The Labute approximate surface area is 131 Å². The van der Waals surface area contributed by atoms with Crippen LogP contribution in [0.5, 0.6) is 0 Å². The topological polar surface area (TPSA) is 40.5 Å². The maximum absolute atomic E-state index is 12.8. The molecule has 2 rings (SSSR count). The summed E-state index contributed by atoms with van der Waals surface area (Å²) in [6.45, 7) is 2.55. The van der Waals surface area contributed by atoms with Gasteiger partial charge in [-0.2, -0.15) is 13.2 Å². The molecule has 22 heavy (non-hydrogen) atoms. The van der Waals surface area contributed by atoms with Crippen LogP contribution in [0.3, 0.4) is 0 Å². The number of aliphatic carboxylic acids is 1. The van der Waals surface area contributed by atoms with Gasteiger partial charge < -0.3 is 5.11 Å². The Hall–Kier alpha value is -1.27. The highest BCUT2D eigenvalue weighted by atomic mass is 35.5. The lowest BCUT2D eigenvalue weighted by molar-refractivity contribution is -0.144. The van der Waals surface area contributed by atoms with E-state index in [1.807, 2.05) is 11.8 Å². The lowest BCUT2D eigenvalue weighted by Crippen LogP contribution is -2.43. The van der Waals surface area contributed by atoms with Gasteiger partial charge in [0, 0.05) is 24.2 Å². The zero-order valence-electron chi connectivity index (χ0n) is 12.0. The SMILES string of the molecule is CC1CCC(C(=O)O)CN1Cc1cc(Cl)cc(C(F)(F)F)c1. The fourth-order valence-corrected chi connectivity index (χ4v) is 3.00. The number of hydrogen-bond donors (Lipinski definition) is 1. The molecule has 1 saturated heterocycles. The first-order valence-corrected chi connectivity index (χ1v) is 7.38. The van der Waals surface area contributed by atoms with Gasteiger partial charge in [0.15, 0.2) is 0 Å². The largest absolute Gasteiger partial charge is 0.481 e. The lowest BCUT2D eigenvalue weighted by atomic mass is 9.93. The average Bonchev–Trinajstić information content (AvgIpc) is 2.39. The smallest absolute Gasteiger partial charge is 0.416 e. The van der Waals surface area contributed by atoms with Crippen molar-refractivity contribution in [2.24, 2.45) is 5.92 Å². The fraction of sp³-hybridized carbons (Fsp3) is 0.533. The number of piperidine rings is 1. The van der Waals surface area contributed by atoms with Gasteiger partial charge in [0.05, 0.1) is 11.5 Å². The van der Waals surface area contributed by atoms with Crippen molar-refractivity contribution in [2.75, 3.05) is 6.54 Å². The van der Waals surface area contributed by atoms with Crippen molar-refractivity contribution in [3.63, 3.8) is 0 Å². The van der Waals surface area contributed by atoms with Crippen LogP contribution in [0, 0.1) is 5.92 Å². The second-order valence-corrected chi connectivity index (χ2v) is 6.17. The van der Waals surface area contributed by atoms with Gasteiger partial charge in [-0.1, -0.05) is 11.6 Å². The first-order valence-electron chi connectivity index (χ1n) is 7.00.